The van der Waals surface area contributed by atoms with Gasteiger partial charge in [0.2, 0.25) is 0 Å². The van der Waals surface area contributed by atoms with E-state index in [1.165, 1.54) is 6.07 Å². The van der Waals surface area contributed by atoms with Crippen LogP contribution in [-0.2, 0) is 0 Å². The van der Waals surface area contributed by atoms with Crippen molar-refractivity contribution in [3.63, 3.8) is 0 Å². The zero-order valence-corrected chi connectivity index (χ0v) is 11.9. The first-order chi connectivity index (χ1) is 10.0. The van der Waals surface area contributed by atoms with E-state index in [0.717, 1.165) is 5.56 Å². The molecule has 0 saturated heterocycles. The molecule has 110 valence electrons. The van der Waals surface area contributed by atoms with Crippen LogP contribution in [0.3, 0.4) is 0 Å². The Kier molecular flexibility index (Phi) is 4.42. The Morgan fingerprint density at radius 2 is 2.10 bits per heavy atom. The Morgan fingerprint density at radius 3 is 2.81 bits per heavy atom. The van der Waals surface area contributed by atoms with Crippen molar-refractivity contribution in [2.24, 2.45) is 0 Å². The van der Waals surface area contributed by atoms with Gasteiger partial charge in [0.15, 0.2) is 0 Å². The number of hydrogen-bond donors (Lipinski definition) is 2. The van der Waals surface area contributed by atoms with E-state index in [9.17, 15) is 9.18 Å². The Morgan fingerprint density at radius 1 is 1.33 bits per heavy atom. The summed E-state index contributed by atoms with van der Waals surface area (Å²) in [7, 11) is 0. The highest BCUT2D eigenvalue weighted by molar-refractivity contribution is 6.09. The van der Waals surface area contributed by atoms with Gasteiger partial charge in [-0.05, 0) is 43.7 Å². The lowest BCUT2D eigenvalue weighted by Crippen LogP contribution is -2.16. The quantitative estimate of drug-likeness (QED) is 0.848. The number of hydrogen-bond acceptors (Lipinski definition) is 3. The maximum Gasteiger partial charge on any atom is 0.261 e. The van der Waals surface area contributed by atoms with Crippen molar-refractivity contribution in [2.45, 2.75) is 13.8 Å². The molecule has 0 aliphatic heterocycles. The lowest BCUT2D eigenvalue weighted by atomic mass is 10.1. The number of rotatable bonds is 4. The molecule has 0 heterocycles. The molecule has 0 unspecified atom stereocenters. The number of nitrogen functional groups attached to an aromatic ring is 1. The van der Waals surface area contributed by atoms with Crippen LogP contribution in [0.2, 0.25) is 0 Å². The van der Waals surface area contributed by atoms with Crippen molar-refractivity contribution in [3.05, 3.63) is 53.3 Å². The molecule has 5 heteroatoms. The number of ether oxygens (including phenoxy) is 1. The molecular formula is C16H17FN2O2. The second-order valence-corrected chi connectivity index (χ2v) is 4.59. The number of anilines is 2. The summed E-state index contributed by atoms with van der Waals surface area (Å²) in [5.41, 5.74) is 7.29. The fourth-order valence-electron chi connectivity index (χ4n) is 1.99. The van der Waals surface area contributed by atoms with Gasteiger partial charge in [0.25, 0.3) is 5.91 Å². The molecule has 0 aromatic heterocycles. The molecule has 0 radical (unpaired) electrons. The van der Waals surface area contributed by atoms with Crippen molar-refractivity contribution in [3.8, 4) is 5.75 Å². The average Bonchev–Trinajstić information content (AvgIpc) is 2.43. The van der Waals surface area contributed by atoms with Gasteiger partial charge in [-0.15, -0.1) is 0 Å². The molecule has 2 rings (SSSR count). The van der Waals surface area contributed by atoms with Crippen molar-refractivity contribution >= 4 is 17.3 Å². The van der Waals surface area contributed by atoms with Crippen LogP contribution < -0.4 is 15.8 Å². The fraction of sp³-hybridized carbons (Fsp3) is 0.188. The van der Waals surface area contributed by atoms with E-state index in [1.807, 2.05) is 13.8 Å². The van der Waals surface area contributed by atoms with Gasteiger partial charge < -0.3 is 15.8 Å². The van der Waals surface area contributed by atoms with Crippen LogP contribution in [0.1, 0.15) is 22.8 Å². The number of halogens is 1. The summed E-state index contributed by atoms with van der Waals surface area (Å²) in [6.07, 6.45) is 0. The summed E-state index contributed by atoms with van der Waals surface area (Å²) in [5.74, 6) is -0.620. The molecule has 0 spiro atoms. The summed E-state index contributed by atoms with van der Waals surface area (Å²) >= 11 is 0. The van der Waals surface area contributed by atoms with Gasteiger partial charge in [-0.1, -0.05) is 12.1 Å². The molecule has 0 saturated carbocycles. The van der Waals surface area contributed by atoms with E-state index in [-0.39, 0.29) is 16.9 Å². The van der Waals surface area contributed by atoms with Crippen LogP contribution >= 0.6 is 0 Å². The molecule has 4 nitrogen and oxygen atoms in total. The molecule has 21 heavy (non-hydrogen) atoms. The van der Waals surface area contributed by atoms with E-state index in [0.29, 0.717) is 12.4 Å². The monoisotopic (exact) mass is 288 g/mol. The summed E-state index contributed by atoms with van der Waals surface area (Å²) in [4.78, 5) is 12.4. The van der Waals surface area contributed by atoms with Gasteiger partial charge in [0, 0.05) is 5.69 Å². The van der Waals surface area contributed by atoms with E-state index in [4.69, 9.17) is 10.5 Å². The third kappa shape index (κ3) is 3.31. The molecule has 0 fully saturated rings. The van der Waals surface area contributed by atoms with Crippen molar-refractivity contribution in [2.75, 3.05) is 17.7 Å². The largest absolute Gasteiger partial charge is 0.493 e. The first kappa shape index (κ1) is 14.8. The second-order valence-electron chi connectivity index (χ2n) is 4.59. The topological polar surface area (TPSA) is 64.3 Å². The Balaban J connectivity index is 2.34. The molecule has 0 atom stereocenters. The third-order valence-corrected chi connectivity index (χ3v) is 2.96. The third-order valence-electron chi connectivity index (χ3n) is 2.96. The summed E-state index contributed by atoms with van der Waals surface area (Å²) in [5, 5.41) is 2.53. The maximum atomic E-state index is 13.7. The standard InChI is InChI=1S/C16H17FN2O2/c1-3-21-14-6-4-5-12(18)15(14)16(20)19-13-9-10(2)7-8-11(13)17/h4-9H,3,18H2,1-2H3,(H,19,20). The SMILES string of the molecule is CCOc1cccc(N)c1C(=O)Nc1cc(C)ccc1F. The number of aryl methyl sites for hydroxylation is 1. The van der Waals surface area contributed by atoms with Crippen molar-refractivity contribution in [1.29, 1.82) is 0 Å². The first-order valence-electron chi connectivity index (χ1n) is 6.61. The fourth-order valence-corrected chi connectivity index (χ4v) is 1.99. The number of nitrogens with two attached hydrogens (primary N) is 1. The van der Waals surface area contributed by atoms with Gasteiger partial charge in [-0.3, -0.25) is 4.79 Å². The van der Waals surface area contributed by atoms with E-state index >= 15 is 0 Å². The molecular weight excluding hydrogens is 271 g/mol. The summed E-state index contributed by atoms with van der Waals surface area (Å²) in [6, 6.07) is 9.46. The molecule has 0 aliphatic carbocycles. The van der Waals surface area contributed by atoms with Gasteiger partial charge >= 0.3 is 0 Å². The summed E-state index contributed by atoms with van der Waals surface area (Å²) < 4.78 is 19.1. The predicted octanol–water partition coefficient (Wildman–Crippen LogP) is 3.37. The minimum Gasteiger partial charge on any atom is -0.493 e. The number of benzene rings is 2. The molecule has 3 N–H and O–H groups in total. The van der Waals surface area contributed by atoms with E-state index in [2.05, 4.69) is 5.32 Å². The van der Waals surface area contributed by atoms with Crippen LogP contribution in [0.15, 0.2) is 36.4 Å². The van der Waals surface area contributed by atoms with Gasteiger partial charge in [-0.25, -0.2) is 4.39 Å². The summed E-state index contributed by atoms with van der Waals surface area (Å²) in [6.45, 7) is 4.03. The Bertz CT molecular complexity index is 671. The minimum absolute atomic E-state index is 0.116. The van der Waals surface area contributed by atoms with Crippen molar-refractivity contribution < 1.29 is 13.9 Å². The van der Waals surface area contributed by atoms with Gasteiger partial charge in [0.05, 0.1) is 12.3 Å². The highest BCUT2D eigenvalue weighted by atomic mass is 19.1. The number of nitrogens with one attached hydrogen (secondary N) is 1. The van der Waals surface area contributed by atoms with Crippen LogP contribution in [-0.4, -0.2) is 12.5 Å². The zero-order chi connectivity index (χ0) is 15.4. The number of carbonyl (C=O) groups excluding carboxylic acids is 1. The normalized spacial score (nSPS) is 10.2. The molecule has 2 aromatic rings. The van der Waals surface area contributed by atoms with Crippen molar-refractivity contribution in [1.82, 2.24) is 0 Å². The Hall–Kier alpha value is -2.56. The highest BCUT2D eigenvalue weighted by Gasteiger charge is 2.17. The number of amides is 1. The van der Waals surface area contributed by atoms with Crippen LogP contribution in [0.5, 0.6) is 5.75 Å². The molecule has 1 amide bonds. The van der Waals surface area contributed by atoms with Gasteiger partial charge in [-0.2, -0.15) is 0 Å². The van der Waals surface area contributed by atoms with E-state index in [1.54, 1.807) is 30.3 Å². The smallest absolute Gasteiger partial charge is 0.261 e. The first-order valence-corrected chi connectivity index (χ1v) is 6.61. The lowest BCUT2D eigenvalue weighted by Gasteiger charge is -2.13. The Labute approximate surface area is 122 Å². The van der Waals surface area contributed by atoms with Gasteiger partial charge in [0.1, 0.15) is 17.1 Å². The second kappa shape index (κ2) is 6.26. The molecule has 0 aliphatic rings. The van der Waals surface area contributed by atoms with E-state index < -0.39 is 11.7 Å². The lowest BCUT2D eigenvalue weighted by molar-refractivity contribution is 0.102. The predicted molar refractivity (Wildman–Crippen MR) is 81.1 cm³/mol. The molecule has 0 bridgehead atoms. The van der Waals surface area contributed by atoms with Crippen LogP contribution in [0, 0.1) is 12.7 Å². The van der Waals surface area contributed by atoms with Crippen LogP contribution in [0.4, 0.5) is 15.8 Å². The highest BCUT2D eigenvalue weighted by Crippen LogP contribution is 2.26. The zero-order valence-electron chi connectivity index (χ0n) is 11.9. The minimum atomic E-state index is -0.499. The maximum absolute atomic E-state index is 13.7. The van der Waals surface area contributed by atoms with Crippen LogP contribution in [0.25, 0.3) is 0 Å². The molecule has 2 aromatic carbocycles. The number of carbonyl (C=O) groups is 1. The average molecular weight is 288 g/mol.